The molecule has 0 bridgehead atoms. The maximum atomic E-state index is 12.8. The van der Waals surface area contributed by atoms with Gasteiger partial charge in [-0.1, -0.05) is 24.3 Å². The number of nitrogens with two attached hydrogens (primary N) is 3. The minimum Gasteiger partial charge on any atom is -0.370 e. The number of hydrogen-bond donors (Lipinski definition) is 5. The first kappa shape index (κ1) is 26.1. The molecule has 0 aliphatic carbocycles. The molecule has 0 aliphatic rings. The molecule has 2 heterocycles. The van der Waals surface area contributed by atoms with E-state index in [2.05, 4.69) is 51.5 Å². The molecule has 0 saturated heterocycles. The average molecular weight is 501 g/mol. The van der Waals surface area contributed by atoms with Crippen LogP contribution in [0.25, 0.3) is 28.0 Å². The summed E-state index contributed by atoms with van der Waals surface area (Å²) in [4.78, 5) is 24.5. The van der Waals surface area contributed by atoms with Crippen LogP contribution in [0.5, 0.6) is 0 Å². The summed E-state index contributed by atoms with van der Waals surface area (Å²) in [6, 6.07) is 16.5. The molecule has 4 rings (SSSR count). The molecule has 2 aromatic heterocycles. The van der Waals surface area contributed by atoms with Crippen molar-refractivity contribution >= 4 is 17.0 Å². The van der Waals surface area contributed by atoms with Crippen LogP contribution >= 0.6 is 0 Å². The molecular formula is C28H36N8O. The number of rotatable bonds is 12. The van der Waals surface area contributed by atoms with Gasteiger partial charge < -0.3 is 27.5 Å². The van der Waals surface area contributed by atoms with E-state index in [-0.39, 0.29) is 11.6 Å². The van der Waals surface area contributed by atoms with Gasteiger partial charge in [-0.05, 0) is 86.7 Å². The molecule has 8 N–H and O–H groups in total. The molecule has 9 heteroatoms. The summed E-state index contributed by atoms with van der Waals surface area (Å²) < 4.78 is 1.59. The Morgan fingerprint density at radius 2 is 1.84 bits per heavy atom. The summed E-state index contributed by atoms with van der Waals surface area (Å²) in [5, 5.41) is 4.25. The number of aliphatic imine (C=N–C) groups is 1. The average Bonchev–Trinajstić information content (AvgIpc) is 3.29. The fourth-order valence-electron chi connectivity index (χ4n) is 4.33. The van der Waals surface area contributed by atoms with E-state index in [1.165, 1.54) is 11.1 Å². The highest BCUT2D eigenvalue weighted by Gasteiger charge is 2.11. The van der Waals surface area contributed by atoms with Gasteiger partial charge in [-0.3, -0.25) is 9.56 Å². The number of aryl methyl sites for hydroxylation is 2. The van der Waals surface area contributed by atoms with E-state index in [0.29, 0.717) is 18.7 Å². The number of nitrogens with zero attached hydrogens (tertiary/aromatic N) is 3. The molecular weight excluding hydrogens is 464 g/mol. The molecule has 0 unspecified atom stereocenters. The number of nitrogens with one attached hydrogen (secondary N) is 2. The van der Waals surface area contributed by atoms with Crippen LogP contribution in [0.15, 0.2) is 64.5 Å². The largest absolute Gasteiger partial charge is 0.370 e. The first-order chi connectivity index (χ1) is 17.9. The number of hydrogen-bond acceptors (Lipinski definition) is 5. The normalized spacial score (nSPS) is 11.2. The minimum atomic E-state index is -0.321. The third-order valence-electron chi connectivity index (χ3n) is 6.37. The molecule has 0 fully saturated rings. The third-order valence-corrected chi connectivity index (χ3v) is 6.37. The van der Waals surface area contributed by atoms with Crippen molar-refractivity contribution in [1.29, 1.82) is 0 Å². The number of benzene rings is 2. The summed E-state index contributed by atoms with van der Waals surface area (Å²) in [6.07, 6.45) is 5.79. The summed E-state index contributed by atoms with van der Waals surface area (Å²) in [7, 11) is 0. The zero-order valence-electron chi connectivity index (χ0n) is 21.3. The van der Waals surface area contributed by atoms with Crippen molar-refractivity contribution in [3.05, 3.63) is 81.9 Å². The lowest BCUT2D eigenvalue weighted by molar-refractivity contribution is 0.655. The van der Waals surface area contributed by atoms with Crippen molar-refractivity contribution in [3.8, 4) is 16.9 Å². The van der Waals surface area contributed by atoms with Crippen LogP contribution in [-0.2, 0) is 13.0 Å². The van der Waals surface area contributed by atoms with Crippen LogP contribution < -0.4 is 28.2 Å². The second-order valence-corrected chi connectivity index (χ2v) is 9.28. The van der Waals surface area contributed by atoms with Crippen LogP contribution in [0.2, 0.25) is 0 Å². The van der Waals surface area contributed by atoms with Gasteiger partial charge in [0.25, 0.3) is 0 Å². The van der Waals surface area contributed by atoms with E-state index in [1.807, 2.05) is 30.5 Å². The molecule has 0 aliphatic heterocycles. The molecule has 0 spiro atoms. The second-order valence-electron chi connectivity index (χ2n) is 9.28. The number of aromatic amines is 1. The van der Waals surface area contributed by atoms with E-state index in [4.69, 9.17) is 17.2 Å². The Morgan fingerprint density at radius 3 is 2.59 bits per heavy atom. The summed E-state index contributed by atoms with van der Waals surface area (Å²) in [5.41, 5.74) is 23.0. The lowest BCUT2D eigenvalue weighted by Gasteiger charge is -2.08. The Morgan fingerprint density at radius 1 is 1.05 bits per heavy atom. The smallest absolute Gasteiger partial charge is 0.354 e. The topological polar surface area (TPSA) is 153 Å². The van der Waals surface area contributed by atoms with Gasteiger partial charge in [0, 0.05) is 35.9 Å². The zero-order chi connectivity index (χ0) is 26.2. The van der Waals surface area contributed by atoms with Crippen molar-refractivity contribution in [3.63, 3.8) is 0 Å². The van der Waals surface area contributed by atoms with Crippen LogP contribution in [0.1, 0.15) is 36.0 Å². The fraction of sp³-hybridized carbons (Fsp3) is 0.321. The van der Waals surface area contributed by atoms with Crippen molar-refractivity contribution in [2.45, 2.75) is 39.2 Å². The van der Waals surface area contributed by atoms with Crippen LogP contribution in [0, 0.1) is 6.92 Å². The van der Waals surface area contributed by atoms with Gasteiger partial charge in [0.05, 0.1) is 5.69 Å². The van der Waals surface area contributed by atoms with Gasteiger partial charge in [0.1, 0.15) is 5.65 Å². The predicted molar refractivity (Wildman–Crippen MR) is 151 cm³/mol. The van der Waals surface area contributed by atoms with Crippen LogP contribution in [0.3, 0.4) is 0 Å². The molecule has 0 radical (unpaired) electrons. The maximum absolute atomic E-state index is 12.8. The van der Waals surface area contributed by atoms with Crippen LogP contribution in [-0.4, -0.2) is 40.1 Å². The van der Waals surface area contributed by atoms with Gasteiger partial charge in [0.15, 0.2) is 5.96 Å². The highest BCUT2D eigenvalue weighted by Crippen LogP contribution is 2.27. The summed E-state index contributed by atoms with van der Waals surface area (Å²) >= 11 is 0. The number of unbranched alkanes of at least 4 members (excludes halogenated alkanes) is 1. The molecule has 194 valence electrons. The highest BCUT2D eigenvalue weighted by atomic mass is 16.1. The molecule has 4 aromatic rings. The van der Waals surface area contributed by atoms with Gasteiger partial charge in [-0.15, -0.1) is 0 Å². The Balaban J connectivity index is 1.49. The van der Waals surface area contributed by atoms with Gasteiger partial charge in [-0.2, -0.15) is 4.98 Å². The van der Waals surface area contributed by atoms with Crippen molar-refractivity contribution in [2.24, 2.45) is 22.2 Å². The summed E-state index contributed by atoms with van der Waals surface area (Å²) in [5.74, 6) is 0.118. The number of aromatic nitrogens is 3. The van der Waals surface area contributed by atoms with E-state index in [9.17, 15) is 4.79 Å². The molecule has 0 amide bonds. The lowest BCUT2D eigenvalue weighted by atomic mass is 9.99. The quantitative estimate of drug-likeness (QED) is 0.115. The Kier molecular flexibility index (Phi) is 8.71. The van der Waals surface area contributed by atoms with Gasteiger partial charge in [0.2, 0.25) is 0 Å². The Labute approximate surface area is 216 Å². The van der Waals surface area contributed by atoms with Crippen LogP contribution in [0.4, 0.5) is 0 Å². The first-order valence-electron chi connectivity index (χ1n) is 12.7. The van der Waals surface area contributed by atoms with E-state index < -0.39 is 0 Å². The standard InChI is InChI=1S/C28H36N8O/c1-19-6-7-20(5-2-3-12-29)15-24(19)25-16-22-18-36(28(37)35-26(22)34-25)23-10-8-21(9-11-23)17-32-13-4-14-33-27(30)31/h6-11,15-16,18,32H,2-5,12-14,17,29H2,1H3,(H4,30,31,33)(H,34,35,37). The lowest BCUT2D eigenvalue weighted by Crippen LogP contribution is -2.23. The second kappa shape index (κ2) is 12.3. The highest BCUT2D eigenvalue weighted by molar-refractivity contribution is 5.83. The van der Waals surface area contributed by atoms with Gasteiger partial charge in [-0.25, -0.2) is 4.79 Å². The summed E-state index contributed by atoms with van der Waals surface area (Å²) in [6.45, 7) is 4.95. The Hall–Kier alpha value is -3.95. The number of guanidine groups is 1. The fourth-order valence-corrected chi connectivity index (χ4v) is 4.33. The van der Waals surface area contributed by atoms with E-state index in [1.54, 1.807) is 4.57 Å². The predicted octanol–water partition coefficient (Wildman–Crippen LogP) is 2.72. The van der Waals surface area contributed by atoms with E-state index in [0.717, 1.165) is 66.7 Å². The molecule has 37 heavy (non-hydrogen) atoms. The number of fused-ring (bicyclic) bond motifs is 1. The monoisotopic (exact) mass is 500 g/mol. The van der Waals surface area contributed by atoms with Crippen molar-refractivity contribution in [2.75, 3.05) is 19.6 Å². The van der Waals surface area contributed by atoms with E-state index >= 15 is 0 Å². The van der Waals surface area contributed by atoms with Gasteiger partial charge >= 0.3 is 5.69 Å². The Bertz CT molecular complexity index is 1410. The molecule has 9 nitrogen and oxygen atoms in total. The minimum absolute atomic E-state index is 0.118. The van der Waals surface area contributed by atoms with Crippen molar-refractivity contribution < 1.29 is 0 Å². The molecule has 0 atom stereocenters. The van der Waals surface area contributed by atoms with Crippen molar-refractivity contribution in [1.82, 2.24) is 19.9 Å². The molecule has 2 aromatic carbocycles. The SMILES string of the molecule is Cc1ccc(CCCCN)cc1-c1cc2cn(-c3ccc(CNCCCN=C(N)N)cc3)c(=O)nc2[nH]1. The molecule has 0 saturated carbocycles. The maximum Gasteiger partial charge on any atom is 0.354 e. The first-order valence-corrected chi connectivity index (χ1v) is 12.7. The number of H-pyrrole nitrogens is 1. The zero-order valence-corrected chi connectivity index (χ0v) is 21.3. The third kappa shape index (κ3) is 6.84.